The zero-order valence-electron chi connectivity index (χ0n) is 24.3. The summed E-state index contributed by atoms with van der Waals surface area (Å²) in [5.74, 6) is -2.37. The van der Waals surface area contributed by atoms with E-state index in [0.717, 1.165) is 27.5 Å². The van der Waals surface area contributed by atoms with E-state index in [1.807, 2.05) is 91.0 Å². The third-order valence-corrected chi connectivity index (χ3v) is 8.89. The van der Waals surface area contributed by atoms with Gasteiger partial charge in [0.1, 0.15) is 17.9 Å². The molecule has 2 unspecified atom stereocenters. The number of fused-ring (bicyclic) bond motifs is 2. The average Bonchev–Trinajstić information content (AvgIpc) is 3.29. The lowest BCUT2D eigenvalue weighted by Crippen LogP contribution is -2.51. The lowest BCUT2D eigenvalue weighted by atomic mass is 10.00. The van der Waals surface area contributed by atoms with Gasteiger partial charge in [0.15, 0.2) is 23.2 Å². The maximum Gasteiger partial charge on any atom is 0.267 e. The Labute approximate surface area is 259 Å². The number of imidazole rings is 1. The Hall–Kier alpha value is -4.24. The zero-order valence-corrected chi connectivity index (χ0v) is 25.1. The molecular formula is C32H31N5O7S. The molecule has 5 atom stereocenters. The van der Waals surface area contributed by atoms with Crippen molar-refractivity contribution in [1.29, 1.82) is 0 Å². The standard InChI is InChI=1S/C32H31N5O7S/c1-45(39,40)30-35-27(33)28-34-17-24(37(28)36-30)32(38)29(42-19-22-13-7-3-8-14-22)31(43-20-23-15-9-4-10-16-23)25(26(31)44-32)41-18-21-11-5-2-6-12-21/h2-17,25-26,29,38H,18-20H2,1H3,(H2,33,35,36)/t25?,26-,29-,31-,32?/m1/s1. The van der Waals surface area contributed by atoms with Crippen LogP contribution < -0.4 is 5.73 Å². The molecule has 1 aliphatic carbocycles. The third kappa shape index (κ3) is 5.27. The summed E-state index contributed by atoms with van der Waals surface area (Å²) in [7, 11) is -3.86. The number of rotatable bonds is 11. The van der Waals surface area contributed by atoms with Crippen molar-refractivity contribution in [2.75, 3.05) is 12.0 Å². The van der Waals surface area contributed by atoms with Crippen LogP contribution in [0, 0.1) is 0 Å². The number of sulfone groups is 1. The van der Waals surface area contributed by atoms with Crippen LogP contribution in [0.25, 0.3) is 5.65 Å². The first-order chi connectivity index (χ1) is 21.7. The summed E-state index contributed by atoms with van der Waals surface area (Å²) in [6.45, 7) is 0.574. The first-order valence-corrected chi connectivity index (χ1v) is 16.2. The van der Waals surface area contributed by atoms with Crippen molar-refractivity contribution in [3.05, 3.63) is 120 Å². The van der Waals surface area contributed by atoms with Crippen LogP contribution in [0.3, 0.4) is 0 Å². The third-order valence-electron chi connectivity index (χ3n) is 8.06. The first kappa shape index (κ1) is 29.5. The number of ether oxygens (including phenoxy) is 4. The van der Waals surface area contributed by atoms with E-state index >= 15 is 0 Å². The van der Waals surface area contributed by atoms with Crippen molar-refractivity contribution in [2.24, 2.45) is 0 Å². The maximum atomic E-state index is 12.4. The van der Waals surface area contributed by atoms with Crippen molar-refractivity contribution in [3.8, 4) is 0 Å². The van der Waals surface area contributed by atoms with E-state index in [1.165, 1.54) is 6.20 Å². The maximum absolute atomic E-state index is 12.4. The summed E-state index contributed by atoms with van der Waals surface area (Å²) >= 11 is 0. The van der Waals surface area contributed by atoms with Crippen LogP contribution in [0.5, 0.6) is 0 Å². The van der Waals surface area contributed by atoms with Gasteiger partial charge in [0.25, 0.3) is 5.16 Å². The number of nitrogens with two attached hydrogens (primary N) is 1. The number of aromatic nitrogens is 4. The van der Waals surface area contributed by atoms with Gasteiger partial charge in [-0.15, -0.1) is 5.10 Å². The van der Waals surface area contributed by atoms with Crippen molar-refractivity contribution < 1.29 is 32.5 Å². The molecule has 0 amide bonds. The number of hydrogen-bond acceptors (Lipinski definition) is 11. The Kier molecular flexibility index (Phi) is 7.39. The fraction of sp³-hybridized carbons (Fsp3) is 0.281. The Balaban J connectivity index is 1.31. The van der Waals surface area contributed by atoms with Gasteiger partial charge in [0.05, 0.1) is 26.0 Å². The van der Waals surface area contributed by atoms with Crippen molar-refractivity contribution in [2.45, 2.75) is 54.7 Å². The lowest BCUT2D eigenvalue weighted by Gasteiger charge is -2.35. The number of benzene rings is 3. The molecule has 5 aromatic rings. The highest BCUT2D eigenvalue weighted by Gasteiger charge is 2.84. The Morgan fingerprint density at radius 2 is 1.44 bits per heavy atom. The molecule has 1 aliphatic heterocycles. The van der Waals surface area contributed by atoms with Crippen molar-refractivity contribution >= 4 is 21.3 Å². The summed E-state index contributed by atoms with van der Waals surface area (Å²) in [5, 5.41) is 16.1. The van der Waals surface area contributed by atoms with Crippen molar-refractivity contribution in [3.63, 3.8) is 0 Å². The normalized spacial score (nSPS) is 25.8. The number of aliphatic hydroxyl groups is 1. The zero-order chi connectivity index (χ0) is 31.2. The molecule has 3 N–H and O–H groups in total. The minimum absolute atomic E-state index is 0.00579. The van der Waals surface area contributed by atoms with Crippen LogP contribution in [-0.2, 0) is 54.4 Å². The van der Waals surface area contributed by atoms with Gasteiger partial charge in [0, 0.05) is 6.26 Å². The molecule has 45 heavy (non-hydrogen) atoms. The minimum atomic E-state index is -3.86. The van der Waals surface area contributed by atoms with Gasteiger partial charge >= 0.3 is 0 Å². The highest BCUT2D eigenvalue weighted by Crippen LogP contribution is 2.62. The average molecular weight is 630 g/mol. The molecule has 1 saturated carbocycles. The molecule has 0 bridgehead atoms. The van der Waals surface area contributed by atoms with Gasteiger partial charge in [-0.25, -0.2) is 17.9 Å². The largest absolute Gasteiger partial charge is 0.380 e. The second kappa shape index (κ2) is 11.3. The minimum Gasteiger partial charge on any atom is -0.380 e. The van der Waals surface area contributed by atoms with Crippen LogP contribution in [0.4, 0.5) is 5.82 Å². The molecule has 2 aromatic heterocycles. The number of anilines is 1. The highest BCUT2D eigenvalue weighted by molar-refractivity contribution is 7.90. The summed E-state index contributed by atoms with van der Waals surface area (Å²) in [4.78, 5) is 8.18. The van der Waals surface area contributed by atoms with Crippen molar-refractivity contribution in [1.82, 2.24) is 19.6 Å². The van der Waals surface area contributed by atoms with Crippen LogP contribution in [0.15, 0.2) is 102 Å². The lowest BCUT2D eigenvalue weighted by molar-refractivity contribution is -0.281. The molecule has 13 heteroatoms. The number of nitrogen functional groups attached to an aromatic ring is 1. The van der Waals surface area contributed by atoms with Gasteiger partial charge in [-0.1, -0.05) is 91.0 Å². The Morgan fingerprint density at radius 3 is 2.02 bits per heavy atom. The highest BCUT2D eigenvalue weighted by atomic mass is 32.2. The predicted octanol–water partition coefficient (Wildman–Crippen LogP) is 2.79. The Morgan fingerprint density at radius 1 is 0.889 bits per heavy atom. The van der Waals surface area contributed by atoms with Gasteiger partial charge < -0.3 is 29.8 Å². The fourth-order valence-corrected chi connectivity index (χ4v) is 6.31. The van der Waals surface area contributed by atoms with E-state index in [0.29, 0.717) is 0 Å². The summed E-state index contributed by atoms with van der Waals surface area (Å²) in [6, 6.07) is 28.8. The Bertz CT molecular complexity index is 1930. The molecule has 3 heterocycles. The molecule has 232 valence electrons. The fourth-order valence-electron chi connectivity index (χ4n) is 5.81. The summed E-state index contributed by atoms with van der Waals surface area (Å²) in [6.07, 6.45) is -0.242. The van der Waals surface area contributed by atoms with Gasteiger partial charge in [-0.05, 0) is 16.7 Å². The molecule has 7 rings (SSSR count). The summed E-state index contributed by atoms with van der Waals surface area (Å²) in [5.41, 5.74) is 7.59. The van der Waals surface area contributed by atoms with Crippen LogP contribution in [0.1, 0.15) is 22.4 Å². The molecule has 0 spiro atoms. The number of nitrogens with zero attached hydrogens (tertiary/aromatic N) is 4. The molecule has 3 aromatic carbocycles. The topological polar surface area (TPSA) is 160 Å². The second-order valence-corrected chi connectivity index (χ2v) is 13.1. The van der Waals surface area contributed by atoms with E-state index in [2.05, 4.69) is 15.1 Å². The second-order valence-electron chi connectivity index (χ2n) is 11.2. The van der Waals surface area contributed by atoms with Gasteiger partial charge in [-0.2, -0.15) is 4.98 Å². The molecule has 0 radical (unpaired) electrons. The SMILES string of the molecule is CS(=O)(=O)c1nc(N)c2ncc(C3(O)O[C@@H]4C(OCc5ccccc5)[C@]4(OCc4ccccc4)[C@H]3OCc3ccccc3)n2n1. The quantitative estimate of drug-likeness (QED) is 0.221. The molecule has 12 nitrogen and oxygen atoms in total. The molecular weight excluding hydrogens is 598 g/mol. The number of hydrogen-bond donors (Lipinski definition) is 2. The van der Waals surface area contributed by atoms with Crippen LogP contribution in [-0.4, -0.2) is 63.3 Å². The van der Waals surface area contributed by atoms with E-state index in [9.17, 15) is 13.5 Å². The predicted molar refractivity (Wildman–Crippen MR) is 161 cm³/mol. The molecule has 1 saturated heterocycles. The van der Waals surface area contributed by atoms with E-state index in [1.54, 1.807) is 0 Å². The van der Waals surface area contributed by atoms with E-state index in [-0.39, 0.29) is 37.0 Å². The van der Waals surface area contributed by atoms with Crippen LogP contribution in [0.2, 0.25) is 0 Å². The summed E-state index contributed by atoms with van der Waals surface area (Å²) < 4.78 is 51.8. The molecule has 2 fully saturated rings. The van der Waals surface area contributed by atoms with Crippen LogP contribution >= 0.6 is 0 Å². The first-order valence-electron chi connectivity index (χ1n) is 14.3. The van der Waals surface area contributed by atoms with E-state index < -0.39 is 44.7 Å². The van der Waals surface area contributed by atoms with Gasteiger partial charge in [0.2, 0.25) is 15.6 Å². The smallest absolute Gasteiger partial charge is 0.267 e. The van der Waals surface area contributed by atoms with Gasteiger partial charge in [-0.3, -0.25) is 0 Å². The van der Waals surface area contributed by atoms with E-state index in [4.69, 9.17) is 24.7 Å². The molecule has 2 aliphatic rings. The monoisotopic (exact) mass is 629 g/mol.